The highest BCUT2D eigenvalue weighted by atomic mass is 35.5. The van der Waals surface area contributed by atoms with Crippen molar-refractivity contribution in [1.29, 1.82) is 0 Å². The topological polar surface area (TPSA) is 75.7 Å². The van der Waals surface area contributed by atoms with Crippen LogP contribution in [0.2, 0.25) is 5.02 Å². The maximum absolute atomic E-state index is 12.7. The van der Waals surface area contributed by atoms with E-state index in [1.54, 1.807) is 36.4 Å². The standard InChI is InChI=1S/C21H25ClN2O4S/c1-2-19(28-20-9-5-4-8-18(20)22)21(25)23-16-10-12-17(13-11-16)29(26,27)24-14-6-3-7-15-24/h4-5,8-13,19H,2-3,6-7,14-15H2,1H3,(H,23,25)/t19-/m1/s1. The minimum atomic E-state index is -3.49. The number of sulfonamides is 1. The van der Waals surface area contributed by atoms with Gasteiger partial charge < -0.3 is 10.1 Å². The molecule has 1 saturated heterocycles. The van der Waals surface area contributed by atoms with E-state index < -0.39 is 16.1 Å². The number of nitrogens with one attached hydrogen (secondary N) is 1. The Morgan fingerprint density at radius 2 is 1.76 bits per heavy atom. The predicted molar refractivity (Wildman–Crippen MR) is 114 cm³/mol. The van der Waals surface area contributed by atoms with Gasteiger partial charge in [-0.15, -0.1) is 0 Å². The number of rotatable bonds is 7. The van der Waals surface area contributed by atoms with Gasteiger partial charge >= 0.3 is 0 Å². The molecule has 29 heavy (non-hydrogen) atoms. The predicted octanol–water partition coefficient (Wildman–Crippen LogP) is 4.31. The van der Waals surface area contributed by atoms with E-state index in [4.69, 9.17) is 16.3 Å². The van der Waals surface area contributed by atoms with Gasteiger partial charge in [0.05, 0.1) is 9.92 Å². The summed E-state index contributed by atoms with van der Waals surface area (Å²) in [5, 5.41) is 3.21. The first-order valence-electron chi connectivity index (χ1n) is 9.74. The number of hydrogen-bond acceptors (Lipinski definition) is 4. The van der Waals surface area contributed by atoms with Crippen LogP contribution in [0.3, 0.4) is 0 Å². The molecule has 0 bridgehead atoms. The Labute approximate surface area is 176 Å². The number of piperidine rings is 1. The van der Waals surface area contributed by atoms with Crippen LogP contribution < -0.4 is 10.1 Å². The van der Waals surface area contributed by atoms with Gasteiger partial charge in [-0.1, -0.05) is 37.1 Å². The van der Waals surface area contributed by atoms with Crippen molar-refractivity contribution in [3.05, 3.63) is 53.6 Å². The van der Waals surface area contributed by atoms with Gasteiger partial charge in [0.1, 0.15) is 5.75 Å². The Hall–Kier alpha value is -2.09. The molecule has 156 valence electrons. The number of hydrogen-bond donors (Lipinski definition) is 1. The summed E-state index contributed by atoms with van der Waals surface area (Å²) in [4.78, 5) is 12.8. The lowest BCUT2D eigenvalue weighted by Crippen LogP contribution is -2.35. The van der Waals surface area contributed by atoms with Crippen LogP contribution in [-0.2, 0) is 14.8 Å². The number of ether oxygens (including phenoxy) is 1. The molecule has 2 aromatic rings. The van der Waals surface area contributed by atoms with Gasteiger partial charge in [-0.3, -0.25) is 4.79 Å². The molecule has 3 rings (SSSR count). The fourth-order valence-electron chi connectivity index (χ4n) is 3.20. The van der Waals surface area contributed by atoms with Crippen LogP contribution in [0.25, 0.3) is 0 Å². The van der Waals surface area contributed by atoms with Crippen molar-refractivity contribution in [1.82, 2.24) is 4.31 Å². The second kappa shape index (κ2) is 9.61. The molecule has 0 aromatic heterocycles. The number of benzene rings is 2. The highest BCUT2D eigenvalue weighted by molar-refractivity contribution is 7.89. The van der Waals surface area contributed by atoms with Crippen molar-refractivity contribution in [3.63, 3.8) is 0 Å². The molecule has 1 atom stereocenters. The second-order valence-corrected chi connectivity index (χ2v) is 9.27. The summed E-state index contributed by atoms with van der Waals surface area (Å²) >= 11 is 6.10. The third kappa shape index (κ3) is 5.29. The molecular formula is C21H25ClN2O4S. The molecule has 1 N–H and O–H groups in total. The van der Waals surface area contributed by atoms with E-state index >= 15 is 0 Å². The Morgan fingerprint density at radius 1 is 1.10 bits per heavy atom. The normalized spacial score (nSPS) is 16.2. The first-order chi connectivity index (χ1) is 13.9. The minimum absolute atomic E-state index is 0.233. The number of amides is 1. The summed E-state index contributed by atoms with van der Waals surface area (Å²) in [6.45, 7) is 2.95. The van der Waals surface area contributed by atoms with Gasteiger partial charge in [0.15, 0.2) is 6.10 Å². The molecule has 1 aliphatic rings. The van der Waals surface area contributed by atoms with Crippen LogP contribution in [0.1, 0.15) is 32.6 Å². The average Bonchev–Trinajstić information content (AvgIpc) is 2.74. The highest BCUT2D eigenvalue weighted by Crippen LogP contribution is 2.26. The number of carbonyl (C=O) groups excluding carboxylic acids is 1. The molecule has 0 radical (unpaired) electrons. The molecule has 6 nitrogen and oxygen atoms in total. The van der Waals surface area contributed by atoms with Crippen molar-refractivity contribution in [2.24, 2.45) is 0 Å². The number of anilines is 1. The smallest absolute Gasteiger partial charge is 0.265 e. The molecule has 0 unspecified atom stereocenters. The van der Waals surface area contributed by atoms with Crippen molar-refractivity contribution in [2.45, 2.75) is 43.6 Å². The highest BCUT2D eigenvalue weighted by Gasteiger charge is 2.26. The molecule has 1 fully saturated rings. The Bertz CT molecular complexity index is 941. The van der Waals surface area contributed by atoms with Gasteiger partial charge in [0.25, 0.3) is 5.91 Å². The molecule has 0 spiro atoms. The molecule has 1 heterocycles. The lowest BCUT2D eigenvalue weighted by molar-refractivity contribution is -0.122. The third-order valence-electron chi connectivity index (χ3n) is 4.84. The van der Waals surface area contributed by atoms with Crippen LogP contribution in [0.15, 0.2) is 53.4 Å². The molecule has 0 saturated carbocycles. The van der Waals surface area contributed by atoms with E-state index in [1.165, 1.54) is 16.4 Å². The molecule has 8 heteroatoms. The zero-order valence-electron chi connectivity index (χ0n) is 16.3. The van der Waals surface area contributed by atoms with E-state index in [1.807, 2.05) is 6.92 Å². The monoisotopic (exact) mass is 436 g/mol. The Morgan fingerprint density at radius 3 is 2.38 bits per heavy atom. The molecule has 0 aliphatic carbocycles. The average molecular weight is 437 g/mol. The SMILES string of the molecule is CC[C@@H](Oc1ccccc1Cl)C(=O)Nc1ccc(S(=O)(=O)N2CCCCC2)cc1. The zero-order valence-corrected chi connectivity index (χ0v) is 17.9. The fourth-order valence-corrected chi connectivity index (χ4v) is 4.90. The second-order valence-electron chi connectivity index (χ2n) is 6.92. The summed E-state index contributed by atoms with van der Waals surface area (Å²) < 4.78 is 32.7. The lowest BCUT2D eigenvalue weighted by Gasteiger charge is -2.26. The minimum Gasteiger partial charge on any atom is -0.479 e. The summed E-state index contributed by atoms with van der Waals surface area (Å²) in [7, 11) is -3.49. The van der Waals surface area contributed by atoms with E-state index in [0.717, 1.165) is 19.3 Å². The maximum atomic E-state index is 12.7. The Balaban J connectivity index is 1.66. The van der Waals surface area contributed by atoms with E-state index in [2.05, 4.69) is 5.32 Å². The number of nitrogens with zero attached hydrogens (tertiary/aromatic N) is 1. The van der Waals surface area contributed by atoms with E-state index in [9.17, 15) is 13.2 Å². The fraction of sp³-hybridized carbons (Fsp3) is 0.381. The van der Waals surface area contributed by atoms with Crippen LogP contribution in [0, 0.1) is 0 Å². The Kier molecular flexibility index (Phi) is 7.16. The van der Waals surface area contributed by atoms with Crippen LogP contribution in [0.4, 0.5) is 5.69 Å². The zero-order chi connectivity index (χ0) is 20.9. The largest absolute Gasteiger partial charge is 0.479 e. The number of para-hydroxylation sites is 1. The molecule has 1 amide bonds. The molecule has 2 aromatic carbocycles. The van der Waals surface area contributed by atoms with Gasteiger partial charge in [0.2, 0.25) is 10.0 Å². The van der Waals surface area contributed by atoms with E-state index in [-0.39, 0.29) is 10.8 Å². The number of halogens is 1. The summed E-state index contributed by atoms with van der Waals surface area (Å²) in [5.74, 6) is 0.123. The van der Waals surface area contributed by atoms with Gasteiger partial charge in [-0.2, -0.15) is 4.31 Å². The quantitative estimate of drug-likeness (QED) is 0.701. The van der Waals surface area contributed by atoms with Crippen molar-refractivity contribution >= 4 is 33.2 Å². The van der Waals surface area contributed by atoms with Crippen LogP contribution >= 0.6 is 11.6 Å². The molecular weight excluding hydrogens is 412 g/mol. The maximum Gasteiger partial charge on any atom is 0.265 e. The first kappa shape index (κ1) is 21.6. The van der Waals surface area contributed by atoms with Gasteiger partial charge in [0, 0.05) is 18.8 Å². The number of carbonyl (C=O) groups is 1. The van der Waals surface area contributed by atoms with Crippen LogP contribution in [0.5, 0.6) is 5.75 Å². The van der Waals surface area contributed by atoms with Gasteiger partial charge in [-0.05, 0) is 55.7 Å². The summed E-state index contributed by atoms with van der Waals surface area (Å²) in [5.41, 5.74) is 0.508. The first-order valence-corrected chi connectivity index (χ1v) is 11.6. The van der Waals surface area contributed by atoms with Crippen LogP contribution in [-0.4, -0.2) is 37.8 Å². The van der Waals surface area contributed by atoms with Gasteiger partial charge in [-0.25, -0.2) is 8.42 Å². The summed E-state index contributed by atoms with van der Waals surface area (Å²) in [6, 6.07) is 13.2. The van der Waals surface area contributed by atoms with E-state index in [0.29, 0.717) is 36.0 Å². The van der Waals surface area contributed by atoms with Crippen molar-refractivity contribution in [2.75, 3.05) is 18.4 Å². The molecule has 1 aliphatic heterocycles. The lowest BCUT2D eigenvalue weighted by atomic mass is 10.2. The third-order valence-corrected chi connectivity index (χ3v) is 7.07. The van der Waals surface area contributed by atoms with Crippen molar-refractivity contribution < 1.29 is 17.9 Å². The van der Waals surface area contributed by atoms with Crippen molar-refractivity contribution in [3.8, 4) is 5.75 Å². The summed E-state index contributed by atoms with van der Waals surface area (Å²) in [6.07, 6.45) is 2.57.